The van der Waals surface area contributed by atoms with Crippen LogP contribution in [0.25, 0.3) is 0 Å². The van der Waals surface area contributed by atoms with E-state index in [0.717, 1.165) is 0 Å². The number of carbonyl (C=O) groups is 2. The van der Waals surface area contributed by atoms with Crippen molar-refractivity contribution < 1.29 is 27.5 Å². The zero-order valence-electron chi connectivity index (χ0n) is 16.5. The highest BCUT2D eigenvalue weighted by Gasteiger charge is 2.33. The molecular weight excluding hydrogens is 398 g/mol. The molecule has 0 aliphatic heterocycles. The molecule has 4 N–H and O–H groups in total. The van der Waals surface area contributed by atoms with Crippen LogP contribution < -0.4 is 25.2 Å². The third-order valence-electron chi connectivity index (χ3n) is 4.05. The van der Waals surface area contributed by atoms with Crippen molar-refractivity contribution in [1.29, 1.82) is 0 Å². The molecule has 2 amide bonds. The molecule has 0 aliphatic rings. The first kappa shape index (κ1) is 22.2. The molecule has 9 nitrogen and oxygen atoms in total. The van der Waals surface area contributed by atoms with Gasteiger partial charge in [-0.25, -0.2) is 8.42 Å². The van der Waals surface area contributed by atoms with Crippen molar-refractivity contribution in [2.45, 2.75) is 24.3 Å². The van der Waals surface area contributed by atoms with Crippen molar-refractivity contribution in [1.82, 2.24) is 4.72 Å². The summed E-state index contributed by atoms with van der Waals surface area (Å²) < 4.78 is 37.7. The van der Waals surface area contributed by atoms with Crippen molar-refractivity contribution in [2.24, 2.45) is 5.73 Å². The van der Waals surface area contributed by atoms with Gasteiger partial charge in [-0.15, -0.1) is 0 Å². The van der Waals surface area contributed by atoms with Crippen LogP contribution in [0.1, 0.15) is 24.2 Å². The fourth-order valence-corrected chi connectivity index (χ4v) is 3.84. The summed E-state index contributed by atoms with van der Waals surface area (Å²) in [6, 6.07) is 10.1. The average molecular weight is 421 g/mol. The number of rotatable bonds is 8. The highest BCUT2D eigenvalue weighted by atomic mass is 32.2. The smallest absolute Gasteiger partial charge is 0.252 e. The van der Waals surface area contributed by atoms with E-state index in [1.165, 1.54) is 70.5 Å². The first-order chi connectivity index (χ1) is 13.5. The third kappa shape index (κ3) is 5.24. The number of amides is 2. The summed E-state index contributed by atoms with van der Waals surface area (Å²) >= 11 is 0. The van der Waals surface area contributed by atoms with Crippen LogP contribution in [0.5, 0.6) is 11.5 Å². The lowest BCUT2D eigenvalue weighted by Crippen LogP contribution is -2.52. The van der Waals surface area contributed by atoms with Gasteiger partial charge in [-0.3, -0.25) is 9.59 Å². The molecule has 2 rings (SSSR count). The number of sulfonamides is 1. The molecule has 0 bridgehead atoms. The van der Waals surface area contributed by atoms with E-state index in [4.69, 9.17) is 15.2 Å². The van der Waals surface area contributed by atoms with Crippen LogP contribution in [0.15, 0.2) is 47.4 Å². The summed E-state index contributed by atoms with van der Waals surface area (Å²) in [6.07, 6.45) is 0. The molecule has 0 aromatic heterocycles. The number of carbonyl (C=O) groups excluding carboxylic acids is 2. The standard InChI is InChI=1S/C19H23N3O6S/c1-19(2,22-29(25,26)14-8-6-13(27-3)7-9-14)18(24)21-12-5-10-16(28-4)15(11-12)17(20)23/h5-11,22H,1-4H3,(H2,20,23)(H,21,24). The Labute approximate surface area is 169 Å². The molecule has 156 valence electrons. The van der Waals surface area contributed by atoms with Gasteiger partial charge in [0.15, 0.2) is 0 Å². The Morgan fingerprint density at radius 1 is 1.00 bits per heavy atom. The zero-order valence-corrected chi connectivity index (χ0v) is 17.3. The Hall–Kier alpha value is -3.11. The van der Waals surface area contributed by atoms with Gasteiger partial charge in [0.2, 0.25) is 15.9 Å². The van der Waals surface area contributed by atoms with E-state index in [1.807, 2.05) is 0 Å². The first-order valence-electron chi connectivity index (χ1n) is 8.47. The number of nitrogens with one attached hydrogen (secondary N) is 2. The van der Waals surface area contributed by atoms with Gasteiger partial charge in [0.1, 0.15) is 17.0 Å². The van der Waals surface area contributed by atoms with Gasteiger partial charge in [0.25, 0.3) is 5.91 Å². The summed E-state index contributed by atoms with van der Waals surface area (Å²) in [5.74, 6) is -0.590. The SMILES string of the molecule is COc1ccc(S(=O)(=O)NC(C)(C)C(=O)Nc2ccc(OC)c(C(N)=O)c2)cc1. The highest BCUT2D eigenvalue weighted by molar-refractivity contribution is 7.89. The third-order valence-corrected chi connectivity index (χ3v) is 5.72. The summed E-state index contributed by atoms with van der Waals surface area (Å²) in [7, 11) is -1.12. The Morgan fingerprint density at radius 3 is 2.14 bits per heavy atom. The van der Waals surface area contributed by atoms with Gasteiger partial charge in [-0.05, 0) is 56.3 Å². The van der Waals surface area contributed by atoms with Crippen molar-refractivity contribution in [2.75, 3.05) is 19.5 Å². The number of methoxy groups -OCH3 is 2. The second-order valence-corrected chi connectivity index (χ2v) is 8.32. The Bertz CT molecular complexity index is 1020. The summed E-state index contributed by atoms with van der Waals surface area (Å²) in [6.45, 7) is 2.84. The van der Waals surface area contributed by atoms with Crippen LogP contribution in [0.2, 0.25) is 0 Å². The van der Waals surface area contributed by atoms with Crippen molar-refractivity contribution in [3.63, 3.8) is 0 Å². The van der Waals surface area contributed by atoms with E-state index in [1.54, 1.807) is 0 Å². The Kier molecular flexibility index (Phi) is 6.50. The van der Waals surface area contributed by atoms with E-state index in [-0.39, 0.29) is 21.9 Å². The molecule has 0 heterocycles. The molecule has 0 aliphatic carbocycles. The topological polar surface area (TPSA) is 137 Å². The molecule has 0 saturated heterocycles. The lowest BCUT2D eigenvalue weighted by molar-refractivity contribution is -0.120. The van der Waals surface area contributed by atoms with Crippen LogP contribution in [0.3, 0.4) is 0 Å². The molecule has 0 fully saturated rings. The Morgan fingerprint density at radius 2 is 1.62 bits per heavy atom. The summed E-state index contributed by atoms with van der Waals surface area (Å²) in [5.41, 5.74) is 4.17. The number of benzene rings is 2. The number of anilines is 1. The van der Waals surface area contributed by atoms with Crippen LogP contribution in [0.4, 0.5) is 5.69 Å². The second-order valence-electron chi connectivity index (χ2n) is 6.64. The molecule has 0 radical (unpaired) electrons. The van der Waals surface area contributed by atoms with Crippen molar-refractivity contribution in [3.05, 3.63) is 48.0 Å². The lowest BCUT2D eigenvalue weighted by atomic mass is 10.1. The van der Waals surface area contributed by atoms with E-state index in [9.17, 15) is 18.0 Å². The normalized spacial score (nSPS) is 11.6. The molecule has 0 spiro atoms. The zero-order chi connectivity index (χ0) is 21.8. The minimum atomic E-state index is -3.97. The van der Waals surface area contributed by atoms with E-state index >= 15 is 0 Å². The number of hydrogen-bond acceptors (Lipinski definition) is 6. The molecule has 0 saturated carbocycles. The molecular formula is C19H23N3O6S. The maximum absolute atomic E-state index is 12.7. The van der Waals surface area contributed by atoms with Crippen molar-refractivity contribution >= 4 is 27.5 Å². The molecule has 0 atom stereocenters. The van der Waals surface area contributed by atoms with Crippen LogP contribution in [0, 0.1) is 0 Å². The summed E-state index contributed by atoms with van der Waals surface area (Å²) in [5, 5.41) is 2.57. The summed E-state index contributed by atoms with van der Waals surface area (Å²) in [4.78, 5) is 24.2. The number of primary amides is 1. The molecule has 10 heteroatoms. The fourth-order valence-electron chi connectivity index (χ4n) is 2.46. The molecule has 2 aromatic carbocycles. The minimum Gasteiger partial charge on any atom is -0.497 e. The van der Waals surface area contributed by atoms with Crippen LogP contribution in [-0.2, 0) is 14.8 Å². The van der Waals surface area contributed by atoms with Gasteiger partial charge in [0.05, 0.1) is 24.7 Å². The van der Waals surface area contributed by atoms with Gasteiger partial charge in [0, 0.05) is 5.69 Å². The minimum absolute atomic E-state index is 0.0142. The van der Waals surface area contributed by atoms with Crippen LogP contribution in [-0.4, -0.2) is 40.0 Å². The predicted octanol–water partition coefficient (Wildman–Crippen LogP) is 1.50. The van der Waals surface area contributed by atoms with Gasteiger partial charge >= 0.3 is 0 Å². The predicted molar refractivity (Wildman–Crippen MR) is 108 cm³/mol. The maximum Gasteiger partial charge on any atom is 0.252 e. The molecule has 2 aromatic rings. The number of nitrogens with two attached hydrogens (primary N) is 1. The number of hydrogen-bond donors (Lipinski definition) is 3. The van der Waals surface area contributed by atoms with Gasteiger partial charge in [-0.1, -0.05) is 0 Å². The van der Waals surface area contributed by atoms with Crippen LogP contribution >= 0.6 is 0 Å². The van der Waals surface area contributed by atoms with Crippen molar-refractivity contribution in [3.8, 4) is 11.5 Å². The van der Waals surface area contributed by atoms with E-state index in [0.29, 0.717) is 5.75 Å². The fraction of sp³-hybridized carbons (Fsp3) is 0.263. The Balaban J connectivity index is 2.21. The molecule has 29 heavy (non-hydrogen) atoms. The van der Waals surface area contributed by atoms with E-state index in [2.05, 4.69) is 10.0 Å². The average Bonchev–Trinajstić information content (AvgIpc) is 2.67. The van der Waals surface area contributed by atoms with Gasteiger partial charge in [-0.2, -0.15) is 4.72 Å². The first-order valence-corrected chi connectivity index (χ1v) is 9.96. The number of ether oxygens (including phenoxy) is 2. The largest absolute Gasteiger partial charge is 0.497 e. The monoisotopic (exact) mass is 421 g/mol. The highest BCUT2D eigenvalue weighted by Crippen LogP contribution is 2.23. The molecule has 0 unspecified atom stereocenters. The maximum atomic E-state index is 12.7. The quantitative estimate of drug-likeness (QED) is 0.591. The lowest BCUT2D eigenvalue weighted by Gasteiger charge is -2.25. The van der Waals surface area contributed by atoms with E-state index < -0.39 is 27.4 Å². The van der Waals surface area contributed by atoms with Gasteiger partial charge < -0.3 is 20.5 Å². The second kappa shape index (κ2) is 8.50.